The van der Waals surface area contributed by atoms with E-state index in [-0.39, 0.29) is 0 Å². The smallest absolute Gasteiger partial charge is 0.192 e. The zero-order chi connectivity index (χ0) is 12.1. The minimum absolute atomic E-state index is 0.661. The summed E-state index contributed by atoms with van der Waals surface area (Å²) in [5, 5.41) is 11.2. The van der Waals surface area contributed by atoms with Gasteiger partial charge in [0.05, 0.1) is 0 Å². The van der Waals surface area contributed by atoms with Gasteiger partial charge in [-0.3, -0.25) is 10.0 Å². The molecule has 0 radical (unpaired) electrons. The largest absolute Gasteiger partial charge is 0.331 e. The number of nitrogens with two attached hydrogens (primary N) is 1. The monoisotopic (exact) mass is 249 g/mol. The molecule has 0 aromatic heterocycles. The summed E-state index contributed by atoms with van der Waals surface area (Å²) in [7, 11) is 0. The average Bonchev–Trinajstić information content (AvgIpc) is 2.79. The Labute approximate surface area is 106 Å². The summed E-state index contributed by atoms with van der Waals surface area (Å²) in [5.41, 5.74) is 0.981. The standard InChI is InChI=1S/C11H15N5S/c12-13-9-15-7-4-8-16(15)11(17)14-10-5-2-1-3-6-10/h1-3,5-6,9H,4,7-8,12H2,(H,14,17). The first-order chi connectivity index (χ1) is 8.31. The maximum absolute atomic E-state index is 5.36. The van der Waals surface area contributed by atoms with Crippen LogP contribution in [-0.2, 0) is 0 Å². The zero-order valence-electron chi connectivity index (χ0n) is 9.41. The van der Waals surface area contributed by atoms with Crippen molar-refractivity contribution in [1.29, 1.82) is 0 Å². The molecule has 17 heavy (non-hydrogen) atoms. The number of benzene rings is 1. The summed E-state index contributed by atoms with van der Waals surface area (Å²) in [6.45, 7) is 1.77. The second kappa shape index (κ2) is 5.49. The van der Waals surface area contributed by atoms with E-state index < -0.39 is 0 Å². The van der Waals surface area contributed by atoms with Crippen LogP contribution in [0.4, 0.5) is 5.69 Å². The van der Waals surface area contributed by atoms with Crippen molar-refractivity contribution in [1.82, 2.24) is 10.0 Å². The number of para-hydroxylation sites is 1. The predicted octanol–water partition coefficient (Wildman–Crippen LogP) is 1.21. The lowest BCUT2D eigenvalue weighted by Gasteiger charge is -2.28. The second-order valence-corrected chi connectivity index (χ2v) is 4.09. The third-order valence-electron chi connectivity index (χ3n) is 2.53. The van der Waals surface area contributed by atoms with Crippen LogP contribution in [0.2, 0.25) is 0 Å². The number of hydrazine groups is 1. The van der Waals surface area contributed by atoms with Crippen LogP contribution < -0.4 is 11.2 Å². The lowest BCUT2D eigenvalue weighted by Crippen LogP contribution is -2.42. The van der Waals surface area contributed by atoms with Gasteiger partial charge >= 0.3 is 0 Å². The third-order valence-corrected chi connectivity index (χ3v) is 2.84. The SMILES string of the molecule is NN=CN1CCCN1C(=S)Nc1ccccc1. The van der Waals surface area contributed by atoms with Crippen LogP contribution in [-0.4, -0.2) is 34.6 Å². The van der Waals surface area contributed by atoms with E-state index in [1.807, 2.05) is 40.3 Å². The summed E-state index contributed by atoms with van der Waals surface area (Å²) in [5.74, 6) is 5.16. The lowest BCUT2D eigenvalue weighted by molar-refractivity contribution is 0.219. The first kappa shape index (κ1) is 11.7. The fourth-order valence-electron chi connectivity index (χ4n) is 1.76. The molecule has 1 fully saturated rings. The van der Waals surface area contributed by atoms with Crippen LogP contribution in [0, 0.1) is 0 Å². The van der Waals surface area contributed by atoms with Crippen LogP contribution in [0.1, 0.15) is 6.42 Å². The number of hydrazone groups is 1. The number of anilines is 1. The topological polar surface area (TPSA) is 56.9 Å². The molecule has 0 amide bonds. The molecule has 1 aromatic rings. The van der Waals surface area contributed by atoms with E-state index in [2.05, 4.69) is 10.4 Å². The highest BCUT2D eigenvalue weighted by atomic mass is 32.1. The molecule has 2 rings (SSSR count). The Morgan fingerprint density at radius 1 is 1.35 bits per heavy atom. The third kappa shape index (κ3) is 2.85. The number of rotatable bonds is 2. The van der Waals surface area contributed by atoms with Crippen LogP contribution in [0.3, 0.4) is 0 Å². The maximum atomic E-state index is 5.36. The fraction of sp³-hybridized carbons (Fsp3) is 0.273. The molecular formula is C11H15N5S. The number of nitrogens with zero attached hydrogens (tertiary/aromatic N) is 3. The van der Waals surface area contributed by atoms with Crippen molar-refractivity contribution in [2.45, 2.75) is 6.42 Å². The molecule has 0 aliphatic carbocycles. The molecule has 6 heteroatoms. The number of nitrogens with one attached hydrogen (secondary N) is 1. The minimum Gasteiger partial charge on any atom is -0.331 e. The highest BCUT2D eigenvalue weighted by molar-refractivity contribution is 7.80. The van der Waals surface area contributed by atoms with Crippen molar-refractivity contribution in [3.63, 3.8) is 0 Å². The number of hydrogen-bond donors (Lipinski definition) is 2. The van der Waals surface area contributed by atoms with Crippen LogP contribution in [0.5, 0.6) is 0 Å². The summed E-state index contributed by atoms with van der Waals surface area (Å²) >= 11 is 5.36. The molecular weight excluding hydrogens is 234 g/mol. The van der Waals surface area contributed by atoms with Gasteiger partial charge in [-0.05, 0) is 30.8 Å². The first-order valence-corrected chi connectivity index (χ1v) is 5.85. The van der Waals surface area contributed by atoms with Crippen LogP contribution in [0.15, 0.2) is 35.4 Å². The molecule has 0 bridgehead atoms. The minimum atomic E-state index is 0.661. The number of hydrogen-bond acceptors (Lipinski definition) is 3. The van der Waals surface area contributed by atoms with Gasteiger partial charge in [0.1, 0.15) is 6.34 Å². The van der Waals surface area contributed by atoms with E-state index in [9.17, 15) is 0 Å². The van der Waals surface area contributed by atoms with Crippen molar-refractivity contribution in [2.75, 3.05) is 18.4 Å². The fourth-order valence-corrected chi connectivity index (χ4v) is 2.07. The van der Waals surface area contributed by atoms with Crippen molar-refractivity contribution >= 4 is 29.4 Å². The molecule has 1 heterocycles. The highest BCUT2D eigenvalue weighted by Gasteiger charge is 2.21. The molecule has 0 saturated carbocycles. The second-order valence-electron chi connectivity index (χ2n) is 3.70. The van der Waals surface area contributed by atoms with Gasteiger partial charge in [-0.2, -0.15) is 5.10 Å². The van der Waals surface area contributed by atoms with Gasteiger partial charge in [-0.1, -0.05) is 18.2 Å². The highest BCUT2D eigenvalue weighted by Crippen LogP contribution is 2.12. The summed E-state index contributed by atoms with van der Waals surface area (Å²) in [6.07, 6.45) is 2.63. The quantitative estimate of drug-likeness (QED) is 0.271. The van der Waals surface area contributed by atoms with Crippen molar-refractivity contribution in [2.24, 2.45) is 10.9 Å². The summed E-state index contributed by atoms with van der Waals surface area (Å²) in [6, 6.07) is 9.85. The normalized spacial score (nSPS) is 15.5. The van der Waals surface area contributed by atoms with E-state index >= 15 is 0 Å². The summed E-state index contributed by atoms with van der Waals surface area (Å²) < 4.78 is 0. The average molecular weight is 249 g/mol. The summed E-state index contributed by atoms with van der Waals surface area (Å²) in [4.78, 5) is 0. The van der Waals surface area contributed by atoms with E-state index in [0.29, 0.717) is 5.11 Å². The Morgan fingerprint density at radius 2 is 2.12 bits per heavy atom. The molecule has 5 nitrogen and oxygen atoms in total. The molecule has 1 aromatic carbocycles. The van der Waals surface area contributed by atoms with E-state index in [1.165, 1.54) is 0 Å². The van der Waals surface area contributed by atoms with E-state index in [0.717, 1.165) is 25.2 Å². The van der Waals surface area contributed by atoms with Gasteiger partial charge < -0.3 is 11.2 Å². The molecule has 0 atom stereocenters. The molecule has 1 aliphatic heterocycles. The molecule has 3 N–H and O–H groups in total. The molecule has 1 saturated heterocycles. The molecule has 90 valence electrons. The van der Waals surface area contributed by atoms with Crippen molar-refractivity contribution in [3.8, 4) is 0 Å². The maximum Gasteiger partial charge on any atom is 0.192 e. The first-order valence-electron chi connectivity index (χ1n) is 5.45. The zero-order valence-corrected chi connectivity index (χ0v) is 10.2. The number of thiocarbonyl (C=S) groups is 1. The van der Waals surface area contributed by atoms with Gasteiger partial charge in [0, 0.05) is 18.8 Å². The van der Waals surface area contributed by atoms with Crippen LogP contribution in [0.25, 0.3) is 0 Å². The Bertz CT molecular complexity index is 406. The van der Waals surface area contributed by atoms with E-state index in [4.69, 9.17) is 18.1 Å². The van der Waals surface area contributed by atoms with Gasteiger partial charge in [0.2, 0.25) is 0 Å². The Balaban J connectivity index is 2.00. The Morgan fingerprint density at radius 3 is 2.82 bits per heavy atom. The van der Waals surface area contributed by atoms with Gasteiger partial charge in [-0.15, -0.1) is 0 Å². The predicted molar refractivity (Wildman–Crippen MR) is 73.4 cm³/mol. The van der Waals surface area contributed by atoms with Crippen LogP contribution >= 0.6 is 12.2 Å². The van der Waals surface area contributed by atoms with Gasteiger partial charge in [-0.25, -0.2) is 0 Å². The molecule has 1 aliphatic rings. The molecule has 0 unspecified atom stereocenters. The van der Waals surface area contributed by atoms with Crippen molar-refractivity contribution < 1.29 is 0 Å². The Kier molecular flexibility index (Phi) is 3.77. The van der Waals surface area contributed by atoms with Gasteiger partial charge in [0.25, 0.3) is 0 Å². The lowest BCUT2D eigenvalue weighted by atomic mass is 10.3. The molecule has 0 spiro atoms. The van der Waals surface area contributed by atoms with Gasteiger partial charge in [0.15, 0.2) is 5.11 Å². The van der Waals surface area contributed by atoms with Crippen molar-refractivity contribution in [3.05, 3.63) is 30.3 Å². The Hall–Kier alpha value is -1.82. The van der Waals surface area contributed by atoms with E-state index in [1.54, 1.807) is 6.34 Å².